The molecule has 2 heterocycles. The third-order valence-electron chi connectivity index (χ3n) is 3.42. The first-order chi connectivity index (χ1) is 10.0. The van der Waals surface area contributed by atoms with Crippen LogP contribution in [0.3, 0.4) is 0 Å². The molecule has 2 N–H and O–H groups in total. The summed E-state index contributed by atoms with van der Waals surface area (Å²) in [6.07, 6.45) is 0. The van der Waals surface area contributed by atoms with Crippen LogP contribution in [0.15, 0.2) is 36.4 Å². The molecule has 0 radical (unpaired) electrons. The molecule has 4 nitrogen and oxygen atoms in total. The summed E-state index contributed by atoms with van der Waals surface area (Å²) in [7, 11) is 0. The Labute approximate surface area is 130 Å². The van der Waals surface area contributed by atoms with E-state index >= 15 is 0 Å². The lowest BCUT2D eigenvalue weighted by Crippen LogP contribution is -2.30. The third kappa shape index (κ3) is 2.50. The summed E-state index contributed by atoms with van der Waals surface area (Å²) >= 11 is 2.51. The molecule has 1 unspecified atom stereocenters. The molecule has 1 saturated heterocycles. The first-order valence-corrected chi connectivity index (χ1v) is 8.01. The number of hydrogen-bond acceptors (Lipinski definition) is 5. The Balaban J connectivity index is 1.96. The summed E-state index contributed by atoms with van der Waals surface area (Å²) < 4.78 is -0.853. The monoisotopic (exact) mass is 319 g/mol. The average Bonchev–Trinajstić information content (AvgIpc) is 3.05. The quantitative estimate of drug-likeness (QED) is 0.912. The highest BCUT2D eigenvalue weighted by Gasteiger charge is 2.46. The first-order valence-electron chi connectivity index (χ1n) is 6.38. The van der Waals surface area contributed by atoms with Gasteiger partial charge in [-0.15, -0.1) is 11.3 Å². The maximum absolute atomic E-state index is 12.0. The molecule has 0 saturated carbocycles. The number of amides is 2. The summed E-state index contributed by atoms with van der Waals surface area (Å²) in [5.74, 6) is -0.269. The first kappa shape index (κ1) is 14.3. The van der Waals surface area contributed by atoms with Crippen LogP contribution in [0.1, 0.15) is 17.4 Å². The van der Waals surface area contributed by atoms with Crippen LogP contribution in [0.25, 0.3) is 10.4 Å². The van der Waals surface area contributed by atoms with E-state index in [4.69, 9.17) is 0 Å². The molecule has 1 aromatic heterocycles. The van der Waals surface area contributed by atoms with Gasteiger partial charge in [0.05, 0.1) is 6.61 Å². The number of nitrogens with one attached hydrogen (secondary N) is 1. The molecular weight excluding hydrogens is 306 g/mol. The highest BCUT2D eigenvalue weighted by Crippen LogP contribution is 2.45. The minimum Gasteiger partial charge on any atom is -0.392 e. The summed E-state index contributed by atoms with van der Waals surface area (Å²) in [6, 6.07) is 11.5. The van der Waals surface area contributed by atoms with E-state index in [0.29, 0.717) is 0 Å². The third-order valence-corrected chi connectivity index (χ3v) is 6.00. The number of aliphatic hydroxyl groups excluding tert-OH is 1. The number of carbonyl (C=O) groups is 2. The highest BCUT2D eigenvalue weighted by atomic mass is 32.2. The van der Waals surface area contributed by atoms with Gasteiger partial charge in [-0.1, -0.05) is 18.2 Å². The molecular formula is C15H13NO3S2. The fraction of sp³-hybridized carbons (Fsp3) is 0.200. The maximum atomic E-state index is 12.0. The molecule has 0 bridgehead atoms. The molecule has 1 aliphatic rings. The summed E-state index contributed by atoms with van der Waals surface area (Å²) in [4.78, 5) is 25.2. The van der Waals surface area contributed by atoms with Gasteiger partial charge in [-0.2, -0.15) is 0 Å². The number of thioether (sulfide) groups is 1. The fourth-order valence-corrected chi connectivity index (χ4v) is 4.32. The van der Waals surface area contributed by atoms with Crippen LogP contribution in [0, 0.1) is 0 Å². The fourth-order valence-electron chi connectivity index (χ4n) is 2.20. The molecule has 1 aliphatic heterocycles. The molecule has 1 atom stereocenters. The minimum absolute atomic E-state index is 0.00343. The van der Waals surface area contributed by atoms with Crippen LogP contribution in [-0.2, 0) is 16.1 Å². The zero-order valence-electron chi connectivity index (χ0n) is 11.3. The molecule has 1 fully saturated rings. The average molecular weight is 319 g/mol. The molecule has 1 aromatic carbocycles. The van der Waals surface area contributed by atoms with Crippen LogP contribution in [-0.4, -0.2) is 16.3 Å². The molecule has 3 rings (SSSR count). The summed E-state index contributed by atoms with van der Waals surface area (Å²) in [5.41, 5.74) is 1.84. The van der Waals surface area contributed by atoms with Crippen molar-refractivity contribution >= 4 is 34.2 Å². The number of aliphatic hydroxyl groups is 1. The second kappa shape index (κ2) is 5.29. The van der Waals surface area contributed by atoms with Crippen molar-refractivity contribution < 1.29 is 14.7 Å². The molecule has 108 valence electrons. The lowest BCUT2D eigenvalue weighted by atomic mass is 10.1. The van der Waals surface area contributed by atoms with Gasteiger partial charge < -0.3 is 5.11 Å². The van der Waals surface area contributed by atoms with Gasteiger partial charge >= 0.3 is 0 Å². The van der Waals surface area contributed by atoms with Crippen molar-refractivity contribution in [2.75, 3.05) is 0 Å². The topological polar surface area (TPSA) is 66.4 Å². The standard InChI is InChI=1S/C15H13NO3S2/c1-15(13(18)16-14(19)21-15)12-6-5-11(20-12)10-4-2-3-9(7-10)8-17/h2-7,17H,8H2,1H3,(H,16,18,19). The Bertz CT molecular complexity index is 725. The van der Waals surface area contributed by atoms with Crippen molar-refractivity contribution in [3.05, 3.63) is 46.8 Å². The summed E-state index contributed by atoms with van der Waals surface area (Å²) in [6.45, 7) is 1.76. The highest BCUT2D eigenvalue weighted by molar-refractivity contribution is 8.15. The molecule has 2 aromatic rings. The van der Waals surface area contributed by atoms with Gasteiger partial charge in [0.2, 0.25) is 5.91 Å². The van der Waals surface area contributed by atoms with Crippen molar-refractivity contribution in [3.8, 4) is 10.4 Å². The Morgan fingerprint density at radius 1 is 1.24 bits per heavy atom. The van der Waals surface area contributed by atoms with Crippen molar-refractivity contribution in [1.82, 2.24) is 5.32 Å². The van der Waals surface area contributed by atoms with Gasteiger partial charge in [0, 0.05) is 9.75 Å². The number of rotatable bonds is 3. The van der Waals surface area contributed by atoms with E-state index in [1.165, 1.54) is 11.3 Å². The Hall–Kier alpha value is -1.63. The lowest BCUT2D eigenvalue weighted by molar-refractivity contribution is -0.121. The minimum atomic E-state index is -0.853. The van der Waals surface area contributed by atoms with E-state index < -0.39 is 4.75 Å². The number of benzene rings is 1. The second-order valence-corrected chi connectivity index (χ2v) is 7.37. The predicted octanol–water partition coefficient (Wildman–Crippen LogP) is 3.11. The Kier molecular flexibility index (Phi) is 3.61. The predicted molar refractivity (Wildman–Crippen MR) is 84.2 cm³/mol. The van der Waals surface area contributed by atoms with E-state index in [1.54, 1.807) is 6.92 Å². The number of hydrogen-bond donors (Lipinski definition) is 2. The van der Waals surface area contributed by atoms with Gasteiger partial charge in [0.25, 0.3) is 5.24 Å². The molecule has 0 spiro atoms. The zero-order chi connectivity index (χ0) is 15.0. The normalized spacial score (nSPS) is 21.6. The van der Waals surface area contributed by atoms with Gasteiger partial charge in [-0.3, -0.25) is 14.9 Å². The smallest absolute Gasteiger partial charge is 0.287 e. The van der Waals surface area contributed by atoms with Crippen LogP contribution in [0.4, 0.5) is 4.79 Å². The largest absolute Gasteiger partial charge is 0.392 e. The summed E-state index contributed by atoms with van der Waals surface area (Å²) in [5, 5.41) is 11.2. The number of carbonyl (C=O) groups excluding carboxylic acids is 2. The number of imide groups is 1. The van der Waals surface area contributed by atoms with Crippen LogP contribution >= 0.6 is 23.1 Å². The van der Waals surface area contributed by atoms with Gasteiger partial charge in [-0.25, -0.2) is 0 Å². The van der Waals surface area contributed by atoms with Crippen molar-refractivity contribution in [1.29, 1.82) is 0 Å². The molecule has 6 heteroatoms. The van der Waals surface area contributed by atoms with Crippen molar-refractivity contribution in [2.45, 2.75) is 18.3 Å². The number of thiophene rings is 1. The van der Waals surface area contributed by atoms with Crippen LogP contribution < -0.4 is 5.32 Å². The van der Waals surface area contributed by atoms with E-state index in [1.807, 2.05) is 36.4 Å². The Morgan fingerprint density at radius 2 is 2.05 bits per heavy atom. The van der Waals surface area contributed by atoms with Gasteiger partial charge in [-0.05, 0) is 48.0 Å². The van der Waals surface area contributed by atoms with Gasteiger partial charge in [0.1, 0.15) is 4.75 Å². The van der Waals surface area contributed by atoms with E-state index in [-0.39, 0.29) is 17.8 Å². The van der Waals surface area contributed by atoms with E-state index in [2.05, 4.69) is 5.32 Å². The lowest BCUT2D eigenvalue weighted by Gasteiger charge is -2.15. The van der Waals surface area contributed by atoms with Gasteiger partial charge in [0.15, 0.2) is 0 Å². The Morgan fingerprint density at radius 3 is 2.71 bits per heavy atom. The van der Waals surface area contributed by atoms with Crippen LogP contribution in [0.5, 0.6) is 0 Å². The molecule has 21 heavy (non-hydrogen) atoms. The molecule has 0 aliphatic carbocycles. The zero-order valence-corrected chi connectivity index (χ0v) is 12.9. The van der Waals surface area contributed by atoms with E-state index in [9.17, 15) is 14.7 Å². The van der Waals surface area contributed by atoms with Crippen molar-refractivity contribution in [2.24, 2.45) is 0 Å². The van der Waals surface area contributed by atoms with Crippen molar-refractivity contribution in [3.63, 3.8) is 0 Å². The second-order valence-electron chi connectivity index (χ2n) is 4.90. The van der Waals surface area contributed by atoms with E-state index in [0.717, 1.165) is 32.6 Å². The maximum Gasteiger partial charge on any atom is 0.287 e. The van der Waals surface area contributed by atoms with Crippen LogP contribution in [0.2, 0.25) is 0 Å². The molecule has 2 amide bonds. The SMILES string of the molecule is CC1(c2ccc(-c3cccc(CO)c3)s2)SC(=O)NC1=O.